The Morgan fingerprint density at radius 1 is 1.23 bits per heavy atom. The summed E-state index contributed by atoms with van der Waals surface area (Å²) in [6.45, 7) is 1.12. The fourth-order valence-corrected chi connectivity index (χ4v) is 2.63. The first-order valence-electron chi connectivity index (χ1n) is 6.87. The highest BCUT2D eigenvalue weighted by Crippen LogP contribution is 2.17. The number of aromatic nitrogens is 1. The van der Waals surface area contributed by atoms with Gasteiger partial charge in [0.15, 0.2) is 12.3 Å². The van der Waals surface area contributed by atoms with Gasteiger partial charge in [-0.05, 0) is 24.3 Å². The standard InChI is InChI=1S/C16H14ClFN2O2/c1-19(9-11-2-5-13(18)6-3-11)10-20-14-7-4-12(17)8-15(14)22-16(20)21/h2-8H,9-10H2,1H3/p+1. The van der Waals surface area contributed by atoms with Crippen LogP contribution >= 0.6 is 11.6 Å². The molecule has 1 N–H and O–H groups in total. The lowest BCUT2D eigenvalue weighted by molar-refractivity contribution is -0.916. The Morgan fingerprint density at radius 3 is 2.68 bits per heavy atom. The third-order valence-electron chi connectivity index (χ3n) is 3.48. The van der Waals surface area contributed by atoms with Gasteiger partial charge in [-0.2, -0.15) is 0 Å². The molecule has 0 aliphatic heterocycles. The first-order chi connectivity index (χ1) is 10.5. The number of oxazole rings is 1. The van der Waals surface area contributed by atoms with Crippen molar-refractivity contribution in [2.45, 2.75) is 13.2 Å². The summed E-state index contributed by atoms with van der Waals surface area (Å²) in [5, 5.41) is 0.528. The molecular weight excluding hydrogens is 307 g/mol. The lowest BCUT2D eigenvalue weighted by Crippen LogP contribution is -3.07. The van der Waals surface area contributed by atoms with Gasteiger partial charge in [0.05, 0.1) is 12.6 Å². The van der Waals surface area contributed by atoms with E-state index in [0.29, 0.717) is 29.3 Å². The molecular formula is C16H15ClFN2O2+. The molecule has 1 atom stereocenters. The second-order valence-corrected chi connectivity index (χ2v) is 5.76. The van der Waals surface area contributed by atoms with E-state index in [2.05, 4.69) is 0 Å². The molecule has 6 heteroatoms. The number of fused-ring (bicyclic) bond motifs is 1. The maximum atomic E-state index is 12.9. The summed E-state index contributed by atoms with van der Waals surface area (Å²) >= 11 is 5.90. The summed E-state index contributed by atoms with van der Waals surface area (Å²) in [6, 6.07) is 11.5. The van der Waals surface area contributed by atoms with Gasteiger partial charge in [-0.15, -0.1) is 0 Å². The number of quaternary nitrogens is 1. The van der Waals surface area contributed by atoms with Gasteiger partial charge in [-0.3, -0.25) is 0 Å². The molecule has 0 spiro atoms. The Balaban J connectivity index is 1.82. The van der Waals surface area contributed by atoms with E-state index in [9.17, 15) is 9.18 Å². The second kappa shape index (κ2) is 5.94. The van der Waals surface area contributed by atoms with Crippen LogP contribution in [0.3, 0.4) is 0 Å². The van der Waals surface area contributed by atoms with Crippen molar-refractivity contribution in [1.82, 2.24) is 4.57 Å². The molecule has 22 heavy (non-hydrogen) atoms. The minimum atomic E-state index is -0.407. The van der Waals surface area contributed by atoms with E-state index in [0.717, 1.165) is 10.5 Å². The minimum Gasteiger partial charge on any atom is -0.408 e. The highest BCUT2D eigenvalue weighted by molar-refractivity contribution is 6.31. The van der Waals surface area contributed by atoms with Crippen molar-refractivity contribution in [3.8, 4) is 0 Å². The molecule has 0 fully saturated rings. The van der Waals surface area contributed by atoms with Crippen LogP contribution in [0.15, 0.2) is 51.7 Å². The number of nitrogens with zero attached hydrogens (tertiary/aromatic N) is 1. The van der Waals surface area contributed by atoms with Crippen LogP contribution in [0.2, 0.25) is 5.02 Å². The zero-order valence-electron chi connectivity index (χ0n) is 12.0. The highest BCUT2D eigenvalue weighted by atomic mass is 35.5. The number of hydrogen-bond donors (Lipinski definition) is 1. The molecule has 0 radical (unpaired) electrons. The molecule has 1 heterocycles. The van der Waals surface area contributed by atoms with Crippen LogP contribution in [0.1, 0.15) is 5.56 Å². The maximum absolute atomic E-state index is 12.9. The summed E-state index contributed by atoms with van der Waals surface area (Å²) in [6.07, 6.45) is 0. The molecule has 1 aromatic heterocycles. The summed E-state index contributed by atoms with van der Waals surface area (Å²) in [5.74, 6) is -0.661. The largest absolute Gasteiger partial charge is 0.424 e. The van der Waals surface area contributed by atoms with Gasteiger partial charge in [-0.25, -0.2) is 13.8 Å². The van der Waals surface area contributed by atoms with E-state index in [4.69, 9.17) is 16.0 Å². The van der Waals surface area contributed by atoms with Crippen molar-refractivity contribution in [2.24, 2.45) is 0 Å². The number of rotatable bonds is 4. The first kappa shape index (κ1) is 14.8. The smallest absolute Gasteiger partial charge is 0.408 e. The molecule has 4 nitrogen and oxygen atoms in total. The van der Waals surface area contributed by atoms with E-state index in [1.54, 1.807) is 34.9 Å². The molecule has 3 aromatic rings. The zero-order valence-corrected chi connectivity index (χ0v) is 12.7. The van der Waals surface area contributed by atoms with E-state index >= 15 is 0 Å². The Hall–Kier alpha value is -2.11. The number of halogens is 2. The molecule has 3 rings (SSSR count). The Bertz CT molecular complexity index is 855. The van der Waals surface area contributed by atoms with E-state index in [1.165, 1.54) is 12.1 Å². The predicted octanol–water partition coefficient (Wildman–Crippen LogP) is 2.06. The summed E-state index contributed by atoms with van der Waals surface area (Å²) in [7, 11) is 1.96. The van der Waals surface area contributed by atoms with Crippen molar-refractivity contribution in [3.05, 3.63) is 69.4 Å². The fourth-order valence-electron chi connectivity index (χ4n) is 2.47. The third kappa shape index (κ3) is 3.05. The minimum absolute atomic E-state index is 0.254. The topological polar surface area (TPSA) is 39.6 Å². The molecule has 0 aliphatic rings. The van der Waals surface area contributed by atoms with Gasteiger partial charge in [-0.1, -0.05) is 23.7 Å². The molecule has 0 aliphatic carbocycles. The zero-order chi connectivity index (χ0) is 15.7. The monoisotopic (exact) mass is 321 g/mol. The van der Waals surface area contributed by atoms with Gasteiger partial charge in [0.2, 0.25) is 0 Å². The van der Waals surface area contributed by atoms with Crippen LogP contribution in [0.25, 0.3) is 11.1 Å². The van der Waals surface area contributed by atoms with Crippen molar-refractivity contribution >= 4 is 22.7 Å². The molecule has 0 saturated heterocycles. The fraction of sp³-hybridized carbons (Fsp3) is 0.188. The van der Waals surface area contributed by atoms with E-state index < -0.39 is 5.76 Å². The van der Waals surface area contributed by atoms with Crippen LogP contribution in [0.4, 0.5) is 4.39 Å². The number of benzene rings is 2. The quantitative estimate of drug-likeness (QED) is 0.799. The number of hydrogen-bond acceptors (Lipinski definition) is 2. The van der Waals surface area contributed by atoms with Crippen molar-refractivity contribution in [1.29, 1.82) is 0 Å². The van der Waals surface area contributed by atoms with Crippen LogP contribution in [-0.4, -0.2) is 11.6 Å². The second-order valence-electron chi connectivity index (χ2n) is 5.33. The van der Waals surface area contributed by atoms with E-state index in [1.807, 2.05) is 7.05 Å². The Kier molecular flexibility index (Phi) is 4.00. The van der Waals surface area contributed by atoms with Gasteiger partial charge >= 0.3 is 5.76 Å². The molecule has 1 unspecified atom stereocenters. The molecule has 0 bridgehead atoms. The average molecular weight is 322 g/mol. The van der Waals surface area contributed by atoms with Crippen molar-refractivity contribution < 1.29 is 13.7 Å². The SMILES string of the molecule is C[NH+](Cc1ccc(F)cc1)Cn1c(=O)oc2cc(Cl)ccc21. The Labute approximate surface area is 131 Å². The van der Waals surface area contributed by atoms with Crippen molar-refractivity contribution in [3.63, 3.8) is 0 Å². The summed E-state index contributed by atoms with van der Waals surface area (Å²) < 4.78 is 19.7. The van der Waals surface area contributed by atoms with Crippen LogP contribution < -0.4 is 10.7 Å². The van der Waals surface area contributed by atoms with Crippen LogP contribution in [0, 0.1) is 5.82 Å². The third-order valence-corrected chi connectivity index (χ3v) is 3.71. The summed E-state index contributed by atoms with van der Waals surface area (Å²) in [5.41, 5.74) is 2.20. The average Bonchev–Trinajstić information content (AvgIpc) is 2.77. The number of nitrogens with one attached hydrogen (secondary N) is 1. The van der Waals surface area contributed by atoms with Gasteiger partial charge < -0.3 is 9.32 Å². The van der Waals surface area contributed by atoms with E-state index in [-0.39, 0.29) is 5.82 Å². The lowest BCUT2D eigenvalue weighted by Gasteiger charge is -2.14. The Morgan fingerprint density at radius 2 is 1.95 bits per heavy atom. The van der Waals surface area contributed by atoms with Gasteiger partial charge in [0.25, 0.3) is 0 Å². The van der Waals surface area contributed by atoms with Crippen molar-refractivity contribution in [2.75, 3.05) is 7.05 Å². The first-order valence-corrected chi connectivity index (χ1v) is 7.25. The molecule has 2 aromatic carbocycles. The summed E-state index contributed by atoms with van der Waals surface area (Å²) in [4.78, 5) is 13.0. The van der Waals surface area contributed by atoms with Crippen LogP contribution in [0.5, 0.6) is 0 Å². The van der Waals surface area contributed by atoms with Crippen LogP contribution in [-0.2, 0) is 13.2 Å². The highest BCUT2D eigenvalue weighted by Gasteiger charge is 2.13. The maximum Gasteiger partial charge on any atom is 0.424 e. The molecule has 0 saturated carbocycles. The predicted molar refractivity (Wildman–Crippen MR) is 82.5 cm³/mol. The van der Waals surface area contributed by atoms with Gasteiger partial charge in [0.1, 0.15) is 12.4 Å². The molecule has 0 amide bonds. The van der Waals surface area contributed by atoms with Gasteiger partial charge in [0, 0.05) is 16.7 Å². The lowest BCUT2D eigenvalue weighted by atomic mass is 10.2. The molecule has 114 valence electrons. The normalized spacial score (nSPS) is 12.7.